The first-order chi connectivity index (χ1) is 7.04. The second kappa shape index (κ2) is 7.65. The lowest BCUT2D eigenvalue weighted by atomic mass is 10.2. The van der Waals surface area contributed by atoms with E-state index in [0.29, 0.717) is 6.42 Å². The number of nitrogens with zero attached hydrogens (tertiary/aromatic N) is 1. The number of amides is 1. The summed E-state index contributed by atoms with van der Waals surface area (Å²) in [5.41, 5.74) is 0. The highest BCUT2D eigenvalue weighted by molar-refractivity contribution is 5.76. The molecule has 2 unspecified atom stereocenters. The van der Waals surface area contributed by atoms with Gasteiger partial charge in [-0.15, -0.1) is 0 Å². The summed E-state index contributed by atoms with van der Waals surface area (Å²) in [4.78, 5) is 13.5. The minimum Gasteiger partial charge on any atom is -0.395 e. The Balaban J connectivity index is 3.94. The second-order valence-corrected chi connectivity index (χ2v) is 3.92. The van der Waals surface area contributed by atoms with E-state index in [1.54, 1.807) is 0 Å². The molecule has 15 heavy (non-hydrogen) atoms. The van der Waals surface area contributed by atoms with E-state index >= 15 is 0 Å². The average Bonchev–Trinajstić information content (AvgIpc) is 2.19. The lowest BCUT2D eigenvalue weighted by Gasteiger charge is -2.23. The van der Waals surface area contributed by atoms with Crippen LogP contribution in [0.3, 0.4) is 0 Å². The van der Waals surface area contributed by atoms with Gasteiger partial charge in [-0.1, -0.05) is 0 Å². The number of rotatable bonds is 7. The van der Waals surface area contributed by atoms with Crippen LogP contribution in [0.4, 0.5) is 0 Å². The van der Waals surface area contributed by atoms with Gasteiger partial charge in [0.2, 0.25) is 5.91 Å². The number of aliphatic hydroxyl groups is 1. The number of hydrogen-bond acceptors (Lipinski definition) is 3. The highest BCUT2D eigenvalue weighted by atomic mass is 16.3. The summed E-state index contributed by atoms with van der Waals surface area (Å²) in [6.45, 7) is 9.46. The molecule has 4 heteroatoms. The van der Waals surface area contributed by atoms with Crippen LogP contribution in [0.2, 0.25) is 0 Å². The van der Waals surface area contributed by atoms with Crippen molar-refractivity contribution >= 4 is 5.91 Å². The van der Waals surface area contributed by atoms with Gasteiger partial charge in [-0.05, 0) is 27.7 Å². The van der Waals surface area contributed by atoms with Crippen LogP contribution in [-0.4, -0.2) is 47.7 Å². The fraction of sp³-hybridized carbons (Fsp3) is 0.909. The van der Waals surface area contributed by atoms with Crippen LogP contribution in [0, 0.1) is 0 Å². The van der Waals surface area contributed by atoms with Crippen LogP contribution < -0.4 is 5.32 Å². The van der Waals surface area contributed by atoms with Gasteiger partial charge in [0.1, 0.15) is 0 Å². The third-order valence-corrected chi connectivity index (χ3v) is 2.44. The molecule has 0 rings (SSSR count). The first-order valence-electron chi connectivity index (χ1n) is 5.69. The molecule has 0 fully saturated rings. The molecule has 0 aliphatic rings. The third-order valence-electron chi connectivity index (χ3n) is 2.44. The number of nitrogens with one attached hydrogen (secondary N) is 1. The van der Waals surface area contributed by atoms with Crippen molar-refractivity contribution in [1.82, 2.24) is 10.2 Å². The van der Waals surface area contributed by atoms with Gasteiger partial charge in [0, 0.05) is 31.6 Å². The second-order valence-electron chi connectivity index (χ2n) is 3.92. The fourth-order valence-electron chi connectivity index (χ4n) is 1.56. The molecule has 0 saturated carbocycles. The summed E-state index contributed by atoms with van der Waals surface area (Å²) in [5, 5.41) is 12.0. The van der Waals surface area contributed by atoms with E-state index in [9.17, 15) is 4.79 Å². The summed E-state index contributed by atoms with van der Waals surface area (Å²) in [6, 6.07) is 0.157. The number of carbonyl (C=O) groups excluding carboxylic acids is 1. The maximum Gasteiger partial charge on any atom is 0.224 e. The number of aliphatic hydroxyl groups excluding tert-OH is 1. The Bertz CT molecular complexity index is 181. The highest BCUT2D eigenvalue weighted by Crippen LogP contribution is 1.99. The standard InChI is InChI=1S/C11H24N2O2/c1-5-13(6-2)11(15)7-9(3)12-10(4)8-14/h9-10,12,14H,5-8H2,1-4H3. The summed E-state index contributed by atoms with van der Waals surface area (Å²) in [6.07, 6.45) is 0.492. The quantitative estimate of drug-likeness (QED) is 0.655. The molecule has 0 aliphatic heterocycles. The molecule has 0 spiro atoms. The summed E-state index contributed by atoms with van der Waals surface area (Å²) in [5.74, 6) is 0.171. The number of hydrogen-bond donors (Lipinski definition) is 2. The van der Waals surface area contributed by atoms with Gasteiger partial charge in [-0.25, -0.2) is 0 Å². The van der Waals surface area contributed by atoms with E-state index in [1.165, 1.54) is 0 Å². The first kappa shape index (κ1) is 14.4. The van der Waals surface area contributed by atoms with Crippen molar-refractivity contribution in [2.75, 3.05) is 19.7 Å². The van der Waals surface area contributed by atoms with Crippen LogP contribution in [0.25, 0.3) is 0 Å². The molecule has 0 aromatic rings. The first-order valence-corrected chi connectivity index (χ1v) is 5.69. The molecule has 0 aromatic carbocycles. The van der Waals surface area contributed by atoms with Crippen molar-refractivity contribution in [1.29, 1.82) is 0 Å². The molecule has 0 radical (unpaired) electrons. The van der Waals surface area contributed by atoms with Gasteiger partial charge in [-0.3, -0.25) is 4.79 Å². The maximum atomic E-state index is 11.7. The molecule has 0 bridgehead atoms. The molecule has 4 nitrogen and oxygen atoms in total. The summed E-state index contributed by atoms with van der Waals surface area (Å²) < 4.78 is 0. The van der Waals surface area contributed by atoms with E-state index in [-0.39, 0.29) is 24.6 Å². The van der Waals surface area contributed by atoms with E-state index < -0.39 is 0 Å². The van der Waals surface area contributed by atoms with Crippen molar-refractivity contribution in [2.45, 2.75) is 46.2 Å². The van der Waals surface area contributed by atoms with Crippen LogP contribution in [0.5, 0.6) is 0 Å². The van der Waals surface area contributed by atoms with Crippen LogP contribution in [0.15, 0.2) is 0 Å². The van der Waals surface area contributed by atoms with E-state index in [0.717, 1.165) is 13.1 Å². The summed E-state index contributed by atoms with van der Waals surface area (Å²) in [7, 11) is 0. The zero-order valence-electron chi connectivity index (χ0n) is 10.3. The topological polar surface area (TPSA) is 52.6 Å². The zero-order chi connectivity index (χ0) is 11.8. The lowest BCUT2D eigenvalue weighted by molar-refractivity contribution is -0.131. The maximum absolute atomic E-state index is 11.7. The Morgan fingerprint density at radius 2 is 1.80 bits per heavy atom. The predicted octanol–water partition coefficient (Wildman–Crippen LogP) is 0.604. The van der Waals surface area contributed by atoms with Gasteiger partial charge in [0.05, 0.1) is 6.61 Å². The minimum atomic E-state index is 0.0458. The molecular weight excluding hydrogens is 192 g/mol. The Morgan fingerprint density at radius 1 is 1.27 bits per heavy atom. The Kier molecular flexibility index (Phi) is 7.34. The molecular formula is C11H24N2O2. The van der Waals surface area contributed by atoms with Crippen molar-refractivity contribution in [3.05, 3.63) is 0 Å². The molecule has 90 valence electrons. The van der Waals surface area contributed by atoms with E-state index in [4.69, 9.17) is 5.11 Å². The van der Waals surface area contributed by atoms with Crippen molar-refractivity contribution in [2.24, 2.45) is 0 Å². The fourth-order valence-corrected chi connectivity index (χ4v) is 1.56. The smallest absolute Gasteiger partial charge is 0.224 e. The Labute approximate surface area is 92.7 Å². The molecule has 0 aromatic heterocycles. The van der Waals surface area contributed by atoms with Crippen LogP contribution >= 0.6 is 0 Å². The summed E-state index contributed by atoms with van der Waals surface area (Å²) >= 11 is 0. The van der Waals surface area contributed by atoms with Gasteiger partial charge in [-0.2, -0.15) is 0 Å². The Hall–Kier alpha value is -0.610. The van der Waals surface area contributed by atoms with Gasteiger partial charge in [0.15, 0.2) is 0 Å². The molecule has 2 N–H and O–H groups in total. The van der Waals surface area contributed by atoms with Crippen molar-refractivity contribution in [3.8, 4) is 0 Å². The molecule has 0 aliphatic carbocycles. The van der Waals surface area contributed by atoms with Crippen LogP contribution in [0.1, 0.15) is 34.1 Å². The normalized spacial score (nSPS) is 14.7. The molecule has 0 heterocycles. The van der Waals surface area contributed by atoms with E-state index in [1.807, 2.05) is 32.6 Å². The third kappa shape index (κ3) is 5.74. The Morgan fingerprint density at radius 3 is 2.20 bits per heavy atom. The molecule has 1 amide bonds. The van der Waals surface area contributed by atoms with Crippen LogP contribution in [-0.2, 0) is 4.79 Å². The van der Waals surface area contributed by atoms with Crippen molar-refractivity contribution in [3.63, 3.8) is 0 Å². The zero-order valence-corrected chi connectivity index (χ0v) is 10.3. The SMILES string of the molecule is CCN(CC)C(=O)CC(C)NC(C)CO. The average molecular weight is 216 g/mol. The van der Waals surface area contributed by atoms with Gasteiger partial charge < -0.3 is 15.3 Å². The molecule has 0 saturated heterocycles. The number of carbonyl (C=O) groups is 1. The van der Waals surface area contributed by atoms with Gasteiger partial charge in [0.25, 0.3) is 0 Å². The predicted molar refractivity (Wildman–Crippen MR) is 61.7 cm³/mol. The van der Waals surface area contributed by atoms with Gasteiger partial charge >= 0.3 is 0 Å². The largest absolute Gasteiger partial charge is 0.395 e. The van der Waals surface area contributed by atoms with Crippen molar-refractivity contribution < 1.29 is 9.90 Å². The minimum absolute atomic E-state index is 0.0458. The lowest BCUT2D eigenvalue weighted by Crippen LogP contribution is -2.41. The highest BCUT2D eigenvalue weighted by Gasteiger charge is 2.14. The van der Waals surface area contributed by atoms with E-state index in [2.05, 4.69) is 5.32 Å². The monoisotopic (exact) mass is 216 g/mol. The molecule has 2 atom stereocenters.